The molecular weight excluding hydrogens is 428 g/mol. The molecule has 2 heteroatoms. The van der Waals surface area contributed by atoms with Gasteiger partial charge in [-0.25, -0.2) is 0 Å². The van der Waals surface area contributed by atoms with E-state index in [0.29, 0.717) is 10.8 Å². The van der Waals surface area contributed by atoms with Crippen molar-refractivity contribution >= 4 is 0 Å². The van der Waals surface area contributed by atoms with Crippen LogP contribution in [0, 0.1) is 52.3 Å². The summed E-state index contributed by atoms with van der Waals surface area (Å²) in [5.74, 6) is 6.23. The van der Waals surface area contributed by atoms with Gasteiger partial charge in [-0.1, -0.05) is 65.5 Å². The SMILES string of the molecule is CC(C)CCC[C@@H](C)[C@H]1CC[C@H]2[C@@H]3CC=C4CC(CCC(O)CCCO)CC[C@]4(C)[C@H]3CC[C@]12C. The van der Waals surface area contributed by atoms with Crippen LogP contribution in [-0.2, 0) is 0 Å². The second-order valence-electron chi connectivity index (χ2n) is 14.5. The van der Waals surface area contributed by atoms with Gasteiger partial charge >= 0.3 is 0 Å². The lowest BCUT2D eigenvalue weighted by molar-refractivity contribution is -0.0531. The second kappa shape index (κ2) is 11.6. The Balaban J connectivity index is 1.38. The number of hydrogen-bond donors (Lipinski definition) is 2. The van der Waals surface area contributed by atoms with Gasteiger partial charge in [-0.05, 0) is 129 Å². The molecule has 202 valence electrons. The maximum absolute atomic E-state index is 10.3. The first-order valence-electron chi connectivity index (χ1n) is 15.7. The molecule has 35 heavy (non-hydrogen) atoms. The fraction of sp³-hybridized carbons (Fsp3) is 0.939. The Morgan fingerprint density at radius 3 is 2.46 bits per heavy atom. The molecule has 0 heterocycles. The third-order valence-electron chi connectivity index (χ3n) is 12.0. The highest BCUT2D eigenvalue weighted by Crippen LogP contribution is 2.67. The molecule has 4 aliphatic rings. The average Bonchev–Trinajstić information content (AvgIpc) is 3.18. The van der Waals surface area contributed by atoms with Gasteiger partial charge in [0.1, 0.15) is 0 Å². The van der Waals surface area contributed by atoms with Crippen molar-refractivity contribution in [3.63, 3.8) is 0 Å². The quantitative estimate of drug-likeness (QED) is 0.287. The molecule has 0 saturated heterocycles. The average molecular weight is 487 g/mol. The van der Waals surface area contributed by atoms with Crippen LogP contribution in [0.5, 0.6) is 0 Å². The summed E-state index contributed by atoms with van der Waals surface area (Å²) in [6, 6.07) is 0. The molecule has 9 atom stereocenters. The Bertz CT molecular complexity index is 712. The van der Waals surface area contributed by atoms with Gasteiger partial charge in [0.15, 0.2) is 0 Å². The number of fused-ring (bicyclic) bond motifs is 5. The van der Waals surface area contributed by atoms with E-state index in [1.165, 1.54) is 70.6 Å². The molecule has 4 aliphatic carbocycles. The normalized spacial score (nSPS) is 40.6. The Labute approximate surface area is 217 Å². The van der Waals surface area contributed by atoms with Crippen LogP contribution in [0.3, 0.4) is 0 Å². The summed E-state index contributed by atoms with van der Waals surface area (Å²) in [5, 5.41) is 19.3. The van der Waals surface area contributed by atoms with E-state index in [1.807, 2.05) is 0 Å². The van der Waals surface area contributed by atoms with Gasteiger partial charge in [0.05, 0.1) is 6.10 Å². The molecule has 0 amide bonds. The highest BCUT2D eigenvalue weighted by Gasteiger charge is 2.59. The summed E-state index contributed by atoms with van der Waals surface area (Å²) in [5.41, 5.74) is 2.82. The Hall–Kier alpha value is -0.340. The van der Waals surface area contributed by atoms with Crippen molar-refractivity contribution in [1.82, 2.24) is 0 Å². The van der Waals surface area contributed by atoms with E-state index in [-0.39, 0.29) is 12.7 Å². The first-order chi connectivity index (χ1) is 16.7. The zero-order chi connectivity index (χ0) is 25.2. The van der Waals surface area contributed by atoms with Crippen LogP contribution in [0.25, 0.3) is 0 Å². The molecule has 2 unspecified atom stereocenters. The summed E-state index contributed by atoms with van der Waals surface area (Å²) in [7, 11) is 0. The number of hydrogen-bond acceptors (Lipinski definition) is 2. The van der Waals surface area contributed by atoms with Crippen molar-refractivity contribution in [2.45, 2.75) is 137 Å². The zero-order valence-electron chi connectivity index (χ0n) is 23.9. The monoisotopic (exact) mass is 486 g/mol. The summed E-state index contributed by atoms with van der Waals surface area (Å²) < 4.78 is 0. The van der Waals surface area contributed by atoms with Gasteiger partial charge in [-0.15, -0.1) is 0 Å². The standard InChI is InChI=1S/C33H58O2/c1-23(2)8-6-9-24(3)29-15-16-30-28-14-12-26-22-25(11-13-27(35)10-7-21-34)17-19-32(26,4)31(28)18-20-33(29,30)5/h12,23-25,27-31,34-35H,6-11,13-22H2,1-5H3/t24-,25?,27?,28+,29-,30+,31+,32+,33-/m1/s1. The van der Waals surface area contributed by atoms with Crippen molar-refractivity contribution < 1.29 is 10.2 Å². The topological polar surface area (TPSA) is 40.5 Å². The van der Waals surface area contributed by atoms with Crippen molar-refractivity contribution in [3.05, 3.63) is 11.6 Å². The maximum atomic E-state index is 10.3. The Morgan fingerprint density at radius 1 is 0.914 bits per heavy atom. The van der Waals surface area contributed by atoms with E-state index in [4.69, 9.17) is 5.11 Å². The van der Waals surface area contributed by atoms with Gasteiger partial charge in [0.2, 0.25) is 0 Å². The molecule has 3 saturated carbocycles. The highest BCUT2D eigenvalue weighted by molar-refractivity contribution is 5.25. The molecule has 3 fully saturated rings. The van der Waals surface area contributed by atoms with Gasteiger partial charge < -0.3 is 10.2 Å². The van der Waals surface area contributed by atoms with E-state index in [0.717, 1.165) is 67.1 Å². The third-order valence-corrected chi connectivity index (χ3v) is 12.0. The van der Waals surface area contributed by atoms with Crippen molar-refractivity contribution in [1.29, 1.82) is 0 Å². The predicted octanol–water partition coefficient (Wildman–Crippen LogP) is 8.56. The van der Waals surface area contributed by atoms with Crippen LogP contribution in [0.1, 0.15) is 131 Å². The predicted molar refractivity (Wildman–Crippen MR) is 148 cm³/mol. The van der Waals surface area contributed by atoms with E-state index >= 15 is 0 Å². The molecule has 0 bridgehead atoms. The number of aliphatic hydroxyl groups is 2. The number of rotatable bonds is 11. The van der Waals surface area contributed by atoms with Crippen LogP contribution in [-0.4, -0.2) is 22.9 Å². The fourth-order valence-electron chi connectivity index (χ4n) is 9.91. The summed E-state index contributed by atoms with van der Waals surface area (Å²) in [6.45, 7) is 12.9. The molecule has 0 radical (unpaired) electrons. The largest absolute Gasteiger partial charge is 0.396 e. The van der Waals surface area contributed by atoms with Gasteiger partial charge in [0, 0.05) is 6.61 Å². The number of aliphatic hydroxyl groups excluding tert-OH is 2. The van der Waals surface area contributed by atoms with E-state index in [1.54, 1.807) is 5.57 Å². The summed E-state index contributed by atoms with van der Waals surface area (Å²) in [4.78, 5) is 0. The van der Waals surface area contributed by atoms with Crippen molar-refractivity contribution in [2.24, 2.45) is 52.3 Å². The molecule has 0 aromatic carbocycles. The lowest BCUT2D eigenvalue weighted by atomic mass is 9.46. The molecule has 0 spiro atoms. The molecule has 2 N–H and O–H groups in total. The smallest absolute Gasteiger partial charge is 0.0541 e. The van der Waals surface area contributed by atoms with Gasteiger partial charge in [-0.2, -0.15) is 0 Å². The van der Waals surface area contributed by atoms with Crippen LogP contribution in [0.4, 0.5) is 0 Å². The molecule has 0 aromatic rings. The molecule has 4 rings (SSSR count). The van der Waals surface area contributed by atoms with Crippen molar-refractivity contribution in [2.75, 3.05) is 6.61 Å². The van der Waals surface area contributed by atoms with E-state index in [9.17, 15) is 5.11 Å². The Kier molecular flexibility index (Phi) is 9.17. The number of allylic oxidation sites excluding steroid dienone is 2. The molecule has 0 aromatic heterocycles. The van der Waals surface area contributed by atoms with E-state index < -0.39 is 0 Å². The lowest BCUT2D eigenvalue weighted by Crippen LogP contribution is -2.50. The van der Waals surface area contributed by atoms with Gasteiger partial charge in [-0.3, -0.25) is 0 Å². The molecule has 2 nitrogen and oxygen atoms in total. The van der Waals surface area contributed by atoms with Crippen molar-refractivity contribution in [3.8, 4) is 0 Å². The van der Waals surface area contributed by atoms with Crippen LogP contribution in [0.15, 0.2) is 11.6 Å². The van der Waals surface area contributed by atoms with Crippen LogP contribution in [0.2, 0.25) is 0 Å². The van der Waals surface area contributed by atoms with Gasteiger partial charge in [0.25, 0.3) is 0 Å². The second-order valence-corrected chi connectivity index (χ2v) is 14.5. The zero-order valence-corrected chi connectivity index (χ0v) is 23.9. The molecule has 0 aliphatic heterocycles. The summed E-state index contributed by atoms with van der Waals surface area (Å²) in [6.07, 6.45) is 21.6. The third kappa shape index (κ3) is 5.74. The first-order valence-corrected chi connectivity index (χ1v) is 15.7. The van der Waals surface area contributed by atoms with E-state index in [2.05, 4.69) is 40.7 Å². The highest BCUT2D eigenvalue weighted by atomic mass is 16.3. The first kappa shape index (κ1) is 27.7. The lowest BCUT2D eigenvalue weighted by Gasteiger charge is -2.58. The fourth-order valence-corrected chi connectivity index (χ4v) is 9.91. The Morgan fingerprint density at radius 2 is 1.71 bits per heavy atom. The minimum Gasteiger partial charge on any atom is -0.396 e. The van der Waals surface area contributed by atoms with Crippen LogP contribution < -0.4 is 0 Å². The summed E-state index contributed by atoms with van der Waals surface area (Å²) >= 11 is 0. The maximum Gasteiger partial charge on any atom is 0.0541 e. The minimum absolute atomic E-state index is 0.201. The minimum atomic E-state index is -0.223. The molecular formula is C33H58O2. The van der Waals surface area contributed by atoms with Crippen LogP contribution >= 0.6 is 0 Å².